The summed E-state index contributed by atoms with van der Waals surface area (Å²) in [4.78, 5) is 0. The van der Waals surface area contributed by atoms with E-state index in [1.165, 1.54) is 0 Å². The molecule has 1 N–H and O–H groups in total. The first-order valence-electron chi connectivity index (χ1n) is 5.81. The quantitative estimate of drug-likeness (QED) is 0.922. The second-order valence-electron chi connectivity index (χ2n) is 4.13. The summed E-state index contributed by atoms with van der Waals surface area (Å²) >= 11 is 3.43. The second-order valence-corrected chi connectivity index (χ2v) is 5.05. The van der Waals surface area contributed by atoms with Gasteiger partial charge in [-0.25, -0.2) is 0 Å². The number of hydrogen-bond donors (Lipinski definition) is 1. The first-order valence-corrected chi connectivity index (χ1v) is 6.60. The van der Waals surface area contributed by atoms with Crippen LogP contribution in [-0.2, 0) is 6.61 Å². The molecule has 2 aromatic rings. The lowest BCUT2D eigenvalue weighted by Gasteiger charge is -2.13. The van der Waals surface area contributed by atoms with E-state index >= 15 is 0 Å². The molecule has 94 valence electrons. The first kappa shape index (κ1) is 13.1. The highest BCUT2D eigenvalue weighted by Gasteiger charge is 2.08. The van der Waals surface area contributed by atoms with Gasteiger partial charge in [-0.2, -0.15) is 0 Å². The van der Waals surface area contributed by atoms with Crippen LogP contribution in [0, 0.1) is 0 Å². The van der Waals surface area contributed by atoms with Crippen LogP contribution in [0.2, 0.25) is 0 Å². The maximum absolute atomic E-state index is 9.66. The predicted molar refractivity (Wildman–Crippen MR) is 75.5 cm³/mol. The summed E-state index contributed by atoms with van der Waals surface area (Å²) in [6, 6.07) is 15.5. The SMILES string of the molecule is C[C@H](O)c1ccccc1OCc1cccc(Br)c1. The smallest absolute Gasteiger partial charge is 0.125 e. The van der Waals surface area contributed by atoms with Crippen LogP contribution < -0.4 is 4.74 Å². The Kier molecular flexibility index (Phi) is 4.39. The maximum Gasteiger partial charge on any atom is 0.125 e. The zero-order chi connectivity index (χ0) is 13.0. The highest BCUT2D eigenvalue weighted by atomic mass is 79.9. The van der Waals surface area contributed by atoms with Crippen LogP contribution in [0.15, 0.2) is 53.0 Å². The molecule has 0 unspecified atom stereocenters. The van der Waals surface area contributed by atoms with Gasteiger partial charge in [0.25, 0.3) is 0 Å². The molecule has 3 heteroatoms. The third-order valence-corrected chi connectivity index (χ3v) is 3.15. The van der Waals surface area contributed by atoms with Crippen molar-refractivity contribution >= 4 is 15.9 Å². The Morgan fingerprint density at radius 3 is 2.67 bits per heavy atom. The van der Waals surface area contributed by atoms with E-state index in [1.54, 1.807) is 6.92 Å². The van der Waals surface area contributed by atoms with Crippen molar-refractivity contribution in [1.82, 2.24) is 0 Å². The number of hydrogen-bond acceptors (Lipinski definition) is 2. The molecule has 1 atom stereocenters. The molecule has 0 saturated heterocycles. The molecule has 2 rings (SSSR count). The molecule has 2 nitrogen and oxygen atoms in total. The highest BCUT2D eigenvalue weighted by Crippen LogP contribution is 2.25. The molecule has 0 aliphatic carbocycles. The van der Waals surface area contributed by atoms with Crippen LogP contribution in [0.1, 0.15) is 24.2 Å². The van der Waals surface area contributed by atoms with Crippen molar-refractivity contribution in [2.24, 2.45) is 0 Å². The Morgan fingerprint density at radius 1 is 1.17 bits per heavy atom. The van der Waals surface area contributed by atoms with Gasteiger partial charge in [0, 0.05) is 10.0 Å². The second kappa shape index (κ2) is 6.03. The van der Waals surface area contributed by atoms with Gasteiger partial charge in [0.2, 0.25) is 0 Å². The van der Waals surface area contributed by atoms with Crippen molar-refractivity contribution < 1.29 is 9.84 Å². The van der Waals surface area contributed by atoms with Crippen LogP contribution in [0.25, 0.3) is 0 Å². The van der Waals surface area contributed by atoms with Gasteiger partial charge in [-0.15, -0.1) is 0 Å². The molecule has 2 aromatic carbocycles. The number of aliphatic hydroxyl groups is 1. The Labute approximate surface area is 115 Å². The molecule has 0 aliphatic heterocycles. The Bertz CT molecular complexity index is 523. The molecule has 0 spiro atoms. The molecule has 0 aliphatic rings. The van der Waals surface area contributed by atoms with Crippen LogP contribution >= 0.6 is 15.9 Å². The van der Waals surface area contributed by atoms with Gasteiger partial charge < -0.3 is 9.84 Å². The van der Waals surface area contributed by atoms with Crippen molar-refractivity contribution in [2.75, 3.05) is 0 Å². The van der Waals surface area contributed by atoms with E-state index in [0.717, 1.165) is 21.3 Å². The fraction of sp³-hybridized carbons (Fsp3) is 0.200. The Balaban J connectivity index is 2.11. The van der Waals surface area contributed by atoms with Crippen molar-refractivity contribution in [2.45, 2.75) is 19.6 Å². The summed E-state index contributed by atoms with van der Waals surface area (Å²) in [5.74, 6) is 0.729. The minimum Gasteiger partial charge on any atom is -0.489 e. The molecular weight excluding hydrogens is 292 g/mol. The average molecular weight is 307 g/mol. The fourth-order valence-electron chi connectivity index (χ4n) is 1.74. The monoisotopic (exact) mass is 306 g/mol. The zero-order valence-electron chi connectivity index (χ0n) is 10.1. The van der Waals surface area contributed by atoms with Gasteiger partial charge >= 0.3 is 0 Å². The largest absolute Gasteiger partial charge is 0.489 e. The van der Waals surface area contributed by atoms with Crippen molar-refractivity contribution in [3.8, 4) is 5.75 Å². The summed E-state index contributed by atoms with van der Waals surface area (Å²) in [6.07, 6.45) is -0.524. The van der Waals surface area contributed by atoms with E-state index < -0.39 is 6.10 Å². The normalized spacial score (nSPS) is 12.2. The lowest BCUT2D eigenvalue weighted by Crippen LogP contribution is -2.00. The average Bonchev–Trinajstić information content (AvgIpc) is 2.37. The van der Waals surface area contributed by atoms with E-state index in [0.29, 0.717) is 6.61 Å². The molecule has 18 heavy (non-hydrogen) atoms. The summed E-state index contributed by atoms with van der Waals surface area (Å²) in [6.45, 7) is 2.23. The van der Waals surface area contributed by atoms with Gasteiger partial charge in [-0.1, -0.05) is 46.3 Å². The minimum atomic E-state index is -0.524. The lowest BCUT2D eigenvalue weighted by molar-refractivity contribution is 0.190. The van der Waals surface area contributed by atoms with Gasteiger partial charge in [0.1, 0.15) is 12.4 Å². The van der Waals surface area contributed by atoms with Crippen molar-refractivity contribution in [1.29, 1.82) is 0 Å². The number of aliphatic hydroxyl groups excluding tert-OH is 1. The summed E-state index contributed by atoms with van der Waals surface area (Å²) in [5.41, 5.74) is 1.90. The topological polar surface area (TPSA) is 29.5 Å². The van der Waals surface area contributed by atoms with Gasteiger partial charge in [0.05, 0.1) is 6.10 Å². The van der Waals surface area contributed by atoms with Crippen molar-refractivity contribution in [3.05, 3.63) is 64.1 Å². The van der Waals surface area contributed by atoms with E-state index in [9.17, 15) is 5.11 Å². The Hall–Kier alpha value is -1.32. The molecule has 0 fully saturated rings. The molecule has 0 saturated carbocycles. The van der Waals surface area contributed by atoms with E-state index in [4.69, 9.17) is 4.74 Å². The maximum atomic E-state index is 9.66. The standard InChI is InChI=1S/C15H15BrO2/c1-11(17)14-7-2-3-8-15(14)18-10-12-5-4-6-13(16)9-12/h2-9,11,17H,10H2,1H3/t11-/m0/s1. The molecule has 0 amide bonds. The third-order valence-electron chi connectivity index (χ3n) is 2.65. The zero-order valence-corrected chi connectivity index (χ0v) is 11.7. The third kappa shape index (κ3) is 3.34. The summed E-state index contributed by atoms with van der Waals surface area (Å²) < 4.78 is 6.79. The number of benzene rings is 2. The molecule has 0 radical (unpaired) electrons. The van der Waals surface area contributed by atoms with E-state index in [1.807, 2.05) is 48.5 Å². The van der Waals surface area contributed by atoms with Crippen LogP contribution in [0.4, 0.5) is 0 Å². The molecule has 0 bridgehead atoms. The van der Waals surface area contributed by atoms with Crippen LogP contribution in [-0.4, -0.2) is 5.11 Å². The van der Waals surface area contributed by atoms with E-state index in [-0.39, 0.29) is 0 Å². The molecule has 0 heterocycles. The first-order chi connectivity index (χ1) is 8.66. The van der Waals surface area contributed by atoms with Crippen LogP contribution in [0.3, 0.4) is 0 Å². The summed E-state index contributed by atoms with van der Waals surface area (Å²) in [7, 11) is 0. The van der Waals surface area contributed by atoms with Gasteiger partial charge in [-0.3, -0.25) is 0 Å². The number of para-hydroxylation sites is 1. The van der Waals surface area contributed by atoms with Crippen LogP contribution in [0.5, 0.6) is 5.75 Å². The lowest BCUT2D eigenvalue weighted by atomic mass is 10.1. The highest BCUT2D eigenvalue weighted by molar-refractivity contribution is 9.10. The van der Waals surface area contributed by atoms with Gasteiger partial charge in [0.15, 0.2) is 0 Å². The number of halogens is 1. The number of ether oxygens (including phenoxy) is 1. The van der Waals surface area contributed by atoms with E-state index in [2.05, 4.69) is 15.9 Å². The number of rotatable bonds is 4. The van der Waals surface area contributed by atoms with Crippen molar-refractivity contribution in [3.63, 3.8) is 0 Å². The molecule has 0 aromatic heterocycles. The summed E-state index contributed by atoms with van der Waals surface area (Å²) in [5, 5.41) is 9.66. The fourth-order valence-corrected chi connectivity index (χ4v) is 2.19. The minimum absolute atomic E-state index is 0.489. The van der Waals surface area contributed by atoms with Gasteiger partial charge in [-0.05, 0) is 30.7 Å². The molecular formula is C15H15BrO2. The predicted octanol–water partition coefficient (Wildman–Crippen LogP) is 4.08. The Morgan fingerprint density at radius 2 is 1.94 bits per heavy atom.